The summed E-state index contributed by atoms with van der Waals surface area (Å²) in [6.45, 7) is 3.37. The molecule has 1 amide bonds. The van der Waals surface area contributed by atoms with Gasteiger partial charge in [-0.3, -0.25) is 4.79 Å². The second-order valence-electron chi connectivity index (χ2n) is 6.42. The Morgan fingerprint density at radius 1 is 1.12 bits per heavy atom. The van der Waals surface area contributed by atoms with Crippen LogP contribution in [0.15, 0.2) is 47.4 Å². The van der Waals surface area contributed by atoms with Crippen molar-refractivity contribution in [2.75, 3.05) is 13.1 Å². The average Bonchev–Trinajstić information content (AvgIpc) is 3.17. The lowest BCUT2D eigenvalue weighted by atomic mass is 10.1. The van der Waals surface area contributed by atoms with Gasteiger partial charge in [-0.25, -0.2) is 8.42 Å². The van der Waals surface area contributed by atoms with Gasteiger partial charge in [0.25, 0.3) is 5.91 Å². The van der Waals surface area contributed by atoms with E-state index in [1.807, 2.05) is 31.2 Å². The van der Waals surface area contributed by atoms with Gasteiger partial charge in [0, 0.05) is 19.6 Å². The van der Waals surface area contributed by atoms with Crippen molar-refractivity contribution in [3.8, 4) is 0 Å². The fourth-order valence-electron chi connectivity index (χ4n) is 2.90. The van der Waals surface area contributed by atoms with Crippen LogP contribution in [0.2, 0.25) is 5.02 Å². The summed E-state index contributed by atoms with van der Waals surface area (Å²) in [5.41, 5.74) is 2.27. The molecule has 2 aromatic rings. The minimum absolute atomic E-state index is 0.101. The summed E-state index contributed by atoms with van der Waals surface area (Å²) in [5.74, 6) is -0.394. The molecule has 1 N–H and O–H groups in total. The molecular weight excluding hydrogens is 372 g/mol. The molecule has 0 spiro atoms. The molecule has 1 heterocycles. The van der Waals surface area contributed by atoms with E-state index in [0.717, 1.165) is 24.0 Å². The molecule has 1 saturated heterocycles. The number of benzene rings is 2. The van der Waals surface area contributed by atoms with E-state index >= 15 is 0 Å². The van der Waals surface area contributed by atoms with Crippen molar-refractivity contribution in [1.29, 1.82) is 0 Å². The molecule has 0 unspecified atom stereocenters. The zero-order chi connectivity index (χ0) is 18.7. The fraction of sp³-hybridized carbons (Fsp3) is 0.316. The van der Waals surface area contributed by atoms with Crippen molar-refractivity contribution in [3.63, 3.8) is 0 Å². The number of hydrogen-bond donors (Lipinski definition) is 1. The minimum Gasteiger partial charge on any atom is -0.348 e. The maximum Gasteiger partial charge on any atom is 0.253 e. The van der Waals surface area contributed by atoms with Gasteiger partial charge in [0.05, 0.1) is 15.5 Å². The zero-order valence-corrected chi connectivity index (χ0v) is 16.1. The van der Waals surface area contributed by atoms with E-state index in [4.69, 9.17) is 11.6 Å². The van der Waals surface area contributed by atoms with E-state index in [1.165, 1.54) is 22.5 Å². The summed E-state index contributed by atoms with van der Waals surface area (Å²) in [5, 5.41) is 3.02. The third-order valence-electron chi connectivity index (χ3n) is 4.46. The van der Waals surface area contributed by atoms with Crippen molar-refractivity contribution in [2.24, 2.45) is 0 Å². The second kappa shape index (κ2) is 7.78. The Kier molecular flexibility index (Phi) is 5.65. The summed E-state index contributed by atoms with van der Waals surface area (Å²) in [6, 6.07) is 12.1. The Bertz CT molecular complexity index is 905. The molecule has 1 aliphatic heterocycles. The van der Waals surface area contributed by atoms with Crippen LogP contribution in [0, 0.1) is 6.92 Å². The maximum absolute atomic E-state index is 12.7. The van der Waals surface area contributed by atoms with Gasteiger partial charge < -0.3 is 5.32 Å². The fourth-order valence-corrected chi connectivity index (χ4v) is 4.65. The Balaban J connectivity index is 1.78. The van der Waals surface area contributed by atoms with Gasteiger partial charge in [0.1, 0.15) is 0 Å². The maximum atomic E-state index is 12.7. The molecule has 0 atom stereocenters. The Labute approximate surface area is 159 Å². The summed E-state index contributed by atoms with van der Waals surface area (Å²) in [7, 11) is -3.59. The molecule has 26 heavy (non-hydrogen) atoms. The average molecular weight is 393 g/mol. The lowest BCUT2D eigenvalue weighted by Gasteiger charge is -2.16. The molecule has 1 fully saturated rings. The highest BCUT2D eigenvalue weighted by Crippen LogP contribution is 2.25. The van der Waals surface area contributed by atoms with Crippen LogP contribution in [0.1, 0.15) is 34.3 Å². The van der Waals surface area contributed by atoms with Crippen molar-refractivity contribution in [2.45, 2.75) is 31.2 Å². The number of amides is 1. The highest BCUT2D eigenvalue weighted by molar-refractivity contribution is 7.89. The van der Waals surface area contributed by atoms with Crippen LogP contribution in [-0.2, 0) is 16.6 Å². The molecule has 5 nitrogen and oxygen atoms in total. The molecule has 3 rings (SSSR count). The van der Waals surface area contributed by atoms with E-state index in [1.54, 1.807) is 0 Å². The molecular formula is C19H21ClN2O3S. The van der Waals surface area contributed by atoms with Crippen molar-refractivity contribution >= 4 is 27.5 Å². The van der Waals surface area contributed by atoms with Gasteiger partial charge >= 0.3 is 0 Å². The SMILES string of the molecule is Cc1ccc(CNC(=O)c2cc(S(=O)(=O)N3CCCC3)ccc2Cl)cc1. The standard InChI is InChI=1S/C19H21ClN2O3S/c1-14-4-6-15(7-5-14)13-21-19(23)17-12-16(8-9-18(17)20)26(24,25)22-10-2-3-11-22/h4-9,12H,2-3,10-11,13H2,1H3,(H,21,23). The number of halogens is 1. The van der Waals surface area contributed by atoms with Gasteiger partial charge in [0.15, 0.2) is 0 Å². The highest BCUT2D eigenvalue weighted by Gasteiger charge is 2.28. The van der Waals surface area contributed by atoms with Crippen LogP contribution in [0.4, 0.5) is 0 Å². The summed E-state index contributed by atoms with van der Waals surface area (Å²) < 4.78 is 26.8. The second-order valence-corrected chi connectivity index (χ2v) is 8.77. The first-order valence-corrected chi connectivity index (χ1v) is 10.3. The molecule has 138 valence electrons. The number of sulfonamides is 1. The third kappa shape index (κ3) is 4.09. The van der Waals surface area contributed by atoms with Gasteiger partial charge in [-0.1, -0.05) is 41.4 Å². The van der Waals surface area contributed by atoms with Crippen molar-refractivity contribution in [3.05, 3.63) is 64.2 Å². The number of carbonyl (C=O) groups excluding carboxylic acids is 1. The van der Waals surface area contributed by atoms with E-state index in [2.05, 4.69) is 5.32 Å². The predicted molar refractivity (Wildman–Crippen MR) is 102 cm³/mol. The number of aryl methyl sites for hydroxylation is 1. The van der Waals surface area contributed by atoms with Crippen LogP contribution < -0.4 is 5.32 Å². The topological polar surface area (TPSA) is 66.5 Å². The number of rotatable bonds is 5. The summed E-state index contributed by atoms with van der Waals surface area (Å²) >= 11 is 6.13. The summed E-state index contributed by atoms with van der Waals surface area (Å²) in [4.78, 5) is 12.6. The number of nitrogens with one attached hydrogen (secondary N) is 1. The van der Waals surface area contributed by atoms with Crippen LogP contribution in [0.5, 0.6) is 0 Å². The van der Waals surface area contributed by atoms with E-state index in [0.29, 0.717) is 19.6 Å². The quantitative estimate of drug-likeness (QED) is 0.848. The van der Waals surface area contributed by atoms with Gasteiger partial charge in [0.2, 0.25) is 10.0 Å². The highest BCUT2D eigenvalue weighted by atomic mass is 35.5. The van der Waals surface area contributed by atoms with Gasteiger partial charge in [-0.05, 0) is 43.5 Å². The van der Waals surface area contributed by atoms with E-state index in [-0.39, 0.29) is 15.5 Å². The Morgan fingerprint density at radius 3 is 2.42 bits per heavy atom. The normalized spacial score (nSPS) is 15.2. The molecule has 1 aliphatic rings. The first-order chi connectivity index (χ1) is 12.4. The van der Waals surface area contributed by atoms with Crippen LogP contribution >= 0.6 is 11.6 Å². The van der Waals surface area contributed by atoms with Crippen LogP contribution in [-0.4, -0.2) is 31.7 Å². The molecule has 0 bridgehead atoms. The molecule has 0 radical (unpaired) electrons. The third-order valence-corrected chi connectivity index (χ3v) is 6.68. The van der Waals surface area contributed by atoms with Gasteiger partial charge in [-0.15, -0.1) is 0 Å². The summed E-state index contributed by atoms with van der Waals surface area (Å²) in [6.07, 6.45) is 1.72. The minimum atomic E-state index is -3.59. The molecule has 2 aromatic carbocycles. The lowest BCUT2D eigenvalue weighted by molar-refractivity contribution is 0.0951. The smallest absolute Gasteiger partial charge is 0.253 e. The zero-order valence-electron chi connectivity index (χ0n) is 14.5. The first kappa shape index (κ1) is 18.9. The van der Waals surface area contributed by atoms with Crippen molar-refractivity contribution < 1.29 is 13.2 Å². The number of nitrogens with zero attached hydrogens (tertiary/aromatic N) is 1. The van der Waals surface area contributed by atoms with Crippen molar-refractivity contribution in [1.82, 2.24) is 9.62 Å². The molecule has 0 aliphatic carbocycles. The lowest BCUT2D eigenvalue weighted by Crippen LogP contribution is -2.28. The van der Waals surface area contributed by atoms with Crippen LogP contribution in [0.3, 0.4) is 0 Å². The Morgan fingerprint density at radius 2 is 1.77 bits per heavy atom. The van der Waals surface area contributed by atoms with Gasteiger partial charge in [-0.2, -0.15) is 4.31 Å². The Hall–Kier alpha value is -1.89. The molecule has 0 aromatic heterocycles. The van der Waals surface area contributed by atoms with E-state index in [9.17, 15) is 13.2 Å². The first-order valence-electron chi connectivity index (χ1n) is 8.51. The van der Waals surface area contributed by atoms with Crippen LogP contribution in [0.25, 0.3) is 0 Å². The number of carbonyl (C=O) groups is 1. The number of hydrogen-bond acceptors (Lipinski definition) is 3. The molecule has 7 heteroatoms. The largest absolute Gasteiger partial charge is 0.348 e. The monoisotopic (exact) mass is 392 g/mol. The van der Waals surface area contributed by atoms with E-state index < -0.39 is 15.9 Å². The molecule has 0 saturated carbocycles. The predicted octanol–water partition coefficient (Wildman–Crippen LogP) is 3.36.